The van der Waals surface area contributed by atoms with Gasteiger partial charge in [0.25, 0.3) is 6.07 Å². The topological polar surface area (TPSA) is 220 Å². The second kappa shape index (κ2) is 22.5. The second-order valence-electron chi connectivity index (χ2n) is 23.0. The van der Waals surface area contributed by atoms with Crippen LogP contribution in [0.5, 0.6) is 0 Å². The van der Waals surface area contributed by atoms with Crippen LogP contribution in [-0.2, 0) is 0 Å². The third-order valence-corrected chi connectivity index (χ3v) is 17.9. The Bertz CT molecular complexity index is 4170. The van der Waals surface area contributed by atoms with Crippen molar-refractivity contribution < 1.29 is 0 Å². The van der Waals surface area contributed by atoms with Crippen molar-refractivity contribution in [2.24, 2.45) is 17.8 Å². The number of pyridine rings is 5. The molecule has 422 valence electrons. The van der Waals surface area contributed by atoms with E-state index in [4.69, 9.17) is 66.1 Å². The Morgan fingerprint density at radius 1 is 0.447 bits per heavy atom. The second-order valence-corrected chi connectivity index (χ2v) is 23.4. The Hall–Kier alpha value is -9.59. The Morgan fingerprint density at radius 2 is 0.965 bits per heavy atom. The molecule has 6 fully saturated rings. The van der Waals surface area contributed by atoms with Gasteiger partial charge in [-0.05, 0) is 78.7 Å². The van der Waals surface area contributed by atoms with E-state index in [1.807, 2.05) is 30.6 Å². The molecule has 0 spiro atoms. The Morgan fingerprint density at radius 3 is 1.54 bits per heavy atom. The van der Waals surface area contributed by atoms with Crippen molar-refractivity contribution in [3.8, 4) is 18.2 Å². The Kier molecular flexibility index (Phi) is 13.8. The van der Waals surface area contributed by atoms with E-state index < -0.39 is 0 Å². The molecule has 0 aromatic carbocycles. The first-order chi connectivity index (χ1) is 41.9. The molecule has 22 nitrogen and oxygen atoms in total. The van der Waals surface area contributed by atoms with Gasteiger partial charge in [0.05, 0.1) is 64.3 Å². The first-order valence-corrected chi connectivity index (χ1v) is 29.8. The van der Waals surface area contributed by atoms with Gasteiger partial charge in [-0.2, -0.15) is 15.1 Å². The van der Waals surface area contributed by atoms with Crippen LogP contribution in [0.3, 0.4) is 0 Å². The van der Waals surface area contributed by atoms with Crippen LogP contribution in [0.25, 0.3) is 42.5 Å². The van der Waals surface area contributed by atoms with E-state index in [0.717, 1.165) is 172 Å². The van der Waals surface area contributed by atoms with Crippen molar-refractivity contribution in [3.63, 3.8) is 0 Å². The molecule has 15 heterocycles. The number of hydrogen-bond acceptors (Lipinski definition) is 20. The predicted octanol–water partition coefficient (Wildman–Crippen LogP) is 9.25. The van der Waals surface area contributed by atoms with Gasteiger partial charge in [-0.1, -0.05) is 11.6 Å². The normalized spacial score (nSPS) is 18.4. The number of anilines is 6. The fourth-order valence-electron chi connectivity index (χ4n) is 12.6. The minimum absolute atomic E-state index is 0.120. The van der Waals surface area contributed by atoms with E-state index in [1.54, 1.807) is 49.6 Å². The van der Waals surface area contributed by atoms with Crippen LogP contribution in [-0.4, -0.2) is 143 Å². The van der Waals surface area contributed by atoms with E-state index in [9.17, 15) is 5.26 Å². The molecule has 0 amide bonds. The summed E-state index contributed by atoms with van der Waals surface area (Å²) in [6, 6.07) is 23.4. The van der Waals surface area contributed by atoms with Crippen LogP contribution in [0.2, 0.25) is 5.15 Å². The first-order valence-electron chi connectivity index (χ1n) is 29.4. The highest BCUT2D eigenvalue weighted by Crippen LogP contribution is 2.40. The lowest BCUT2D eigenvalue weighted by Crippen LogP contribution is -2.47. The van der Waals surface area contributed by atoms with Crippen LogP contribution >= 0.6 is 11.6 Å². The lowest BCUT2D eigenvalue weighted by Gasteiger charge is -2.41. The molecule has 0 bridgehead atoms. The summed E-state index contributed by atoms with van der Waals surface area (Å²) < 4.78 is 0. The van der Waals surface area contributed by atoms with E-state index in [2.05, 4.69) is 91.8 Å². The molecule has 85 heavy (non-hydrogen) atoms. The minimum Gasteiger partial charge on any atom is -0.355 e. The molecular weight excluding hydrogens is 1090 g/mol. The van der Waals surface area contributed by atoms with Gasteiger partial charge in [0.2, 0.25) is 5.95 Å². The van der Waals surface area contributed by atoms with E-state index in [0.29, 0.717) is 46.7 Å². The predicted molar refractivity (Wildman–Crippen MR) is 327 cm³/mol. The van der Waals surface area contributed by atoms with E-state index in [-0.39, 0.29) is 35.5 Å². The van der Waals surface area contributed by atoms with Crippen LogP contribution in [0, 0.1) is 41.2 Å². The summed E-state index contributed by atoms with van der Waals surface area (Å²) in [6.45, 7) is 9.63. The summed E-state index contributed by atoms with van der Waals surface area (Å²) in [5.74, 6) is 7.03. The van der Waals surface area contributed by atoms with Gasteiger partial charge in [0.15, 0.2) is 34.9 Å². The average Bonchev–Trinajstić information content (AvgIpc) is 3.49. The summed E-state index contributed by atoms with van der Waals surface area (Å²) in [4.78, 5) is 85.2. The standard InChI is InChI=1S/C62H59ClN22/c63-58-57-49(25-47(31-75-57)72-28-40-8-21-81(22-9-40)60-55(67-14-17-70-60)45-35-84(36-45)53-3-1-42-5-12-65-32-50(42)77-53)78-62(79-58)85-37-46(38-85)56-61(71-18-15-68-56)82-23-10-41(11-24-82)29-73-51-26-48-43(30-74-51)2-4-52(76-48)83-33-44(34-83)54-59(69-16-13-66-54)80-19-6-39(27-64)7-20-80/h1-5,12-18,25-26,30-32,39-41,44-46H,6-11,19-24,33-38H2/q+2. The maximum Gasteiger partial charge on any atom is 0.427 e. The Labute approximate surface area is 495 Å². The minimum atomic E-state index is 0.120. The number of piperidine rings is 3. The number of aromatic nitrogens is 13. The highest BCUT2D eigenvalue weighted by Gasteiger charge is 2.38. The van der Waals surface area contributed by atoms with E-state index in [1.165, 1.54) is 0 Å². The zero-order chi connectivity index (χ0) is 56.8. The third kappa shape index (κ3) is 10.5. The van der Waals surface area contributed by atoms with Crippen molar-refractivity contribution in [3.05, 3.63) is 136 Å². The van der Waals surface area contributed by atoms with Crippen molar-refractivity contribution >= 4 is 91.0 Å². The van der Waals surface area contributed by atoms with Crippen molar-refractivity contribution in [1.29, 1.82) is 5.26 Å². The summed E-state index contributed by atoms with van der Waals surface area (Å²) in [5.41, 5.74) is 6.64. The van der Waals surface area contributed by atoms with Crippen molar-refractivity contribution in [2.75, 3.05) is 108 Å². The molecule has 0 saturated carbocycles. The molecule has 9 aromatic rings. The SMILES string of the molecule is N#CC1CCN(c2nccnc2C2CN(c3ccc4cnc([N+]#CC5CCN(c6nccnc6C6CN(c7nc(Cl)c8ncc([N+]#CC9CCN(c%10nccnc%10C%10CN(c%11ccc%12ccncc%12n%11)C%10)CC9)cc8n7)C6)CC5)cc4n3)C2)CC1. The molecule has 6 aliphatic heterocycles. The maximum atomic E-state index is 9.39. The molecule has 6 saturated heterocycles. The zero-order valence-electron chi connectivity index (χ0n) is 46.7. The molecule has 15 rings (SSSR count). The molecule has 6 aliphatic rings. The molecule has 9 aromatic heterocycles. The first kappa shape index (κ1) is 52.2. The Balaban J connectivity index is 0.538. The van der Waals surface area contributed by atoms with Crippen LogP contribution < -0.4 is 29.4 Å². The lowest BCUT2D eigenvalue weighted by atomic mass is 9.94. The summed E-state index contributed by atoms with van der Waals surface area (Å²) in [7, 11) is 0. The molecule has 0 N–H and O–H groups in total. The quantitative estimate of drug-likeness (QED) is 0.123. The number of nitrogens with zero attached hydrogens (tertiary/aromatic N) is 22. The summed E-state index contributed by atoms with van der Waals surface area (Å²) >= 11 is 6.78. The van der Waals surface area contributed by atoms with Crippen LogP contribution in [0.1, 0.15) is 73.4 Å². The monoisotopic (exact) mass is 1150 g/mol. The van der Waals surface area contributed by atoms with Gasteiger partial charge < -0.3 is 29.4 Å². The fourth-order valence-corrected chi connectivity index (χ4v) is 12.8. The third-order valence-electron chi connectivity index (χ3n) is 17.6. The highest BCUT2D eigenvalue weighted by molar-refractivity contribution is 6.33. The van der Waals surface area contributed by atoms with Gasteiger partial charge in [-0.25, -0.2) is 34.9 Å². The smallest absolute Gasteiger partial charge is 0.355 e. The van der Waals surface area contributed by atoms with Gasteiger partial charge >= 0.3 is 11.5 Å². The lowest BCUT2D eigenvalue weighted by molar-refractivity contribution is 0.473. The maximum absolute atomic E-state index is 9.39. The van der Waals surface area contributed by atoms with Gasteiger partial charge in [-0.15, -0.1) is 0 Å². The molecule has 0 radical (unpaired) electrons. The molecule has 0 atom stereocenters. The largest absolute Gasteiger partial charge is 0.427 e. The number of halogens is 1. The summed E-state index contributed by atoms with van der Waals surface area (Å²) in [6.07, 6.45) is 23.1. The highest BCUT2D eigenvalue weighted by atomic mass is 35.5. The molecular formula is C62H59ClN22+2. The number of nitriles is 1. The molecule has 23 heteroatoms. The number of hydrogen-bond donors (Lipinski definition) is 0. The van der Waals surface area contributed by atoms with Crippen molar-refractivity contribution in [1.82, 2.24) is 64.8 Å². The van der Waals surface area contributed by atoms with Gasteiger partial charge in [0.1, 0.15) is 28.9 Å². The fraction of sp³-hybridized carbons (Fsp3) is 0.387. The molecule has 0 aliphatic carbocycles. The zero-order valence-corrected chi connectivity index (χ0v) is 47.5. The van der Waals surface area contributed by atoms with Crippen LogP contribution in [0.15, 0.2) is 104 Å². The van der Waals surface area contributed by atoms with Gasteiger partial charge in [-0.3, -0.25) is 19.9 Å². The van der Waals surface area contributed by atoms with Crippen molar-refractivity contribution in [2.45, 2.75) is 56.3 Å². The number of rotatable bonds is 9. The molecule has 0 unspecified atom stereocenters. The average molecular weight is 1150 g/mol. The van der Waals surface area contributed by atoms with Crippen LogP contribution in [0.4, 0.5) is 46.5 Å². The van der Waals surface area contributed by atoms with Gasteiger partial charge in [0, 0.05) is 156 Å². The van der Waals surface area contributed by atoms with E-state index >= 15 is 0 Å². The summed E-state index contributed by atoms with van der Waals surface area (Å²) in [5, 5.41) is 11.7. The number of fused-ring (bicyclic) bond motifs is 3.